The Morgan fingerprint density at radius 3 is 2.05 bits per heavy atom. The summed E-state index contributed by atoms with van der Waals surface area (Å²) in [5.41, 5.74) is 1.31. The molecular formula is C24H33F6N3O5. The van der Waals surface area contributed by atoms with Crippen LogP contribution in [0.15, 0.2) is 18.3 Å². The molecule has 0 radical (unpaired) electrons. The van der Waals surface area contributed by atoms with Crippen molar-refractivity contribution in [2.24, 2.45) is 17.8 Å². The van der Waals surface area contributed by atoms with Gasteiger partial charge in [-0.1, -0.05) is 12.5 Å². The lowest BCUT2D eigenvalue weighted by atomic mass is 9.73. The van der Waals surface area contributed by atoms with Gasteiger partial charge in [-0.3, -0.25) is 4.90 Å². The maximum Gasteiger partial charge on any atom is 0.490 e. The number of fused-ring (bicyclic) bond motifs is 1. The number of nitrogens with zero attached hydrogens (tertiary/aromatic N) is 3. The third kappa shape index (κ3) is 10.3. The summed E-state index contributed by atoms with van der Waals surface area (Å²) in [6, 6.07) is 5.03. The second-order valence-electron chi connectivity index (χ2n) is 9.79. The number of carbonyl (C=O) groups is 2. The molecule has 0 unspecified atom stereocenters. The summed E-state index contributed by atoms with van der Waals surface area (Å²) < 4.78 is 68.6. The number of carboxylic acids is 2. The maximum atomic E-state index is 10.6. The van der Waals surface area contributed by atoms with Crippen molar-refractivity contribution in [1.29, 1.82) is 0 Å². The number of hydrogen-bond donors (Lipinski definition) is 2. The van der Waals surface area contributed by atoms with Crippen LogP contribution in [0.1, 0.15) is 37.7 Å². The predicted molar refractivity (Wildman–Crippen MR) is 123 cm³/mol. The first-order valence-electron chi connectivity index (χ1n) is 12.1. The van der Waals surface area contributed by atoms with Crippen LogP contribution >= 0.6 is 0 Å². The number of pyridine rings is 1. The molecular weight excluding hydrogens is 524 g/mol. The summed E-state index contributed by atoms with van der Waals surface area (Å²) in [6.45, 7) is 4.92. The normalized spacial score (nSPS) is 23.4. The van der Waals surface area contributed by atoms with Gasteiger partial charge in [-0.2, -0.15) is 26.3 Å². The monoisotopic (exact) mass is 557 g/mol. The van der Waals surface area contributed by atoms with Crippen LogP contribution < -0.4 is 4.74 Å². The van der Waals surface area contributed by atoms with E-state index in [-0.39, 0.29) is 0 Å². The first kappa shape index (κ1) is 31.6. The Bertz CT molecular complexity index is 884. The second kappa shape index (κ2) is 13.5. The van der Waals surface area contributed by atoms with Crippen LogP contribution in [0.2, 0.25) is 0 Å². The van der Waals surface area contributed by atoms with Gasteiger partial charge < -0.3 is 19.8 Å². The Morgan fingerprint density at radius 2 is 1.61 bits per heavy atom. The number of ether oxygens (including phenoxy) is 1. The molecule has 2 aliphatic carbocycles. The van der Waals surface area contributed by atoms with Crippen LogP contribution in [0.25, 0.3) is 0 Å². The number of carboxylic acid groups (broad SMARTS) is 2. The highest BCUT2D eigenvalue weighted by Crippen LogP contribution is 2.41. The van der Waals surface area contributed by atoms with Crippen LogP contribution in [0, 0.1) is 17.8 Å². The highest BCUT2D eigenvalue weighted by Gasteiger charge is 2.41. The number of aliphatic carboxylic acids is 2. The zero-order valence-corrected chi connectivity index (χ0v) is 21.1. The fourth-order valence-electron chi connectivity index (χ4n) is 4.96. The van der Waals surface area contributed by atoms with E-state index in [0.717, 1.165) is 30.3 Å². The highest BCUT2D eigenvalue weighted by molar-refractivity contribution is 5.73. The Balaban J connectivity index is 0.000000301. The Kier molecular flexibility index (Phi) is 11.2. The number of rotatable bonds is 6. The van der Waals surface area contributed by atoms with E-state index in [2.05, 4.69) is 27.9 Å². The van der Waals surface area contributed by atoms with Gasteiger partial charge in [0.15, 0.2) is 0 Å². The van der Waals surface area contributed by atoms with Crippen molar-refractivity contribution in [3.8, 4) is 5.88 Å². The first-order chi connectivity index (χ1) is 17.6. The molecule has 2 heterocycles. The quantitative estimate of drug-likeness (QED) is 0.500. The van der Waals surface area contributed by atoms with Gasteiger partial charge in [0.25, 0.3) is 0 Å². The van der Waals surface area contributed by atoms with Gasteiger partial charge in [0.2, 0.25) is 5.88 Å². The standard InChI is InChI=1S/C20H31N3O.2C2HF3O2/c1-22(18-7-8-18)12-16-4-3-5-17-13-23(14-19(16)17)11-15-6-9-20(24-2)21-10-15;2*3-2(4,5)1(6)7/h6,9-10,16-19H,3-5,7-8,11-14H2,1-2H3;2*(H,6,7)/t16-,17+,19+;;/m0../s1. The average molecular weight is 558 g/mol. The molecule has 0 spiro atoms. The molecule has 2 N–H and O–H groups in total. The molecule has 1 aromatic rings. The van der Waals surface area contributed by atoms with E-state index in [4.69, 9.17) is 24.5 Å². The summed E-state index contributed by atoms with van der Waals surface area (Å²) in [5.74, 6) is -2.07. The molecule has 3 aliphatic rings. The number of halogens is 6. The molecule has 8 nitrogen and oxygen atoms in total. The minimum Gasteiger partial charge on any atom is -0.481 e. The largest absolute Gasteiger partial charge is 0.490 e. The average Bonchev–Trinajstić information content (AvgIpc) is 3.59. The van der Waals surface area contributed by atoms with E-state index in [1.807, 2.05) is 12.3 Å². The van der Waals surface area contributed by atoms with Crippen molar-refractivity contribution in [2.75, 3.05) is 33.8 Å². The molecule has 3 fully saturated rings. The molecule has 1 aliphatic heterocycles. The van der Waals surface area contributed by atoms with Gasteiger partial charge in [0, 0.05) is 44.5 Å². The summed E-state index contributed by atoms with van der Waals surface area (Å²) in [6.07, 6.45) is -1.04. The van der Waals surface area contributed by atoms with Gasteiger partial charge >= 0.3 is 24.3 Å². The number of likely N-dealkylation sites (tertiary alicyclic amines) is 1. The molecule has 2 saturated carbocycles. The number of methoxy groups -OCH3 is 1. The van der Waals surface area contributed by atoms with E-state index in [1.165, 1.54) is 57.3 Å². The molecule has 1 saturated heterocycles. The van der Waals surface area contributed by atoms with Crippen molar-refractivity contribution < 1.29 is 50.9 Å². The highest BCUT2D eigenvalue weighted by atomic mass is 19.4. The molecule has 216 valence electrons. The Labute approximate surface area is 216 Å². The maximum absolute atomic E-state index is 10.6. The summed E-state index contributed by atoms with van der Waals surface area (Å²) in [4.78, 5) is 27.4. The van der Waals surface area contributed by atoms with Gasteiger partial charge in [-0.25, -0.2) is 14.6 Å². The zero-order valence-electron chi connectivity index (χ0n) is 21.1. The van der Waals surface area contributed by atoms with Crippen LogP contribution in [0.4, 0.5) is 26.3 Å². The lowest BCUT2D eigenvalue weighted by Crippen LogP contribution is -2.36. The third-order valence-electron chi connectivity index (χ3n) is 6.91. The lowest BCUT2D eigenvalue weighted by Gasteiger charge is -2.35. The van der Waals surface area contributed by atoms with Crippen LogP contribution in [-0.2, 0) is 16.1 Å². The van der Waals surface area contributed by atoms with E-state index in [1.54, 1.807) is 7.11 Å². The molecule has 1 aromatic heterocycles. The van der Waals surface area contributed by atoms with Crippen molar-refractivity contribution in [2.45, 2.75) is 57.0 Å². The predicted octanol–water partition coefficient (Wildman–Crippen LogP) is 4.30. The Morgan fingerprint density at radius 1 is 1.03 bits per heavy atom. The minimum absolute atomic E-state index is 0.706. The van der Waals surface area contributed by atoms with Crippen molar-refractivity contribution in [3.05, 3.63) is 23.9 Å². The smallest absolute Gasteiger partial charge is 0.481 e. The number of alkyl halides is 6. The Hall–Kier alpha value is -2.61. The van der Waals surface area contributed by atoms with Crippen LogP contribution in [-0.4, -0.2) is 89.1 Å². The fraction of sp³-hybridized carbons (Fsp3) is 0.708. The third-order valence-corrected chi connectivity index (χ3v) is 6.91. The molecule has 0 aromatic carbocycles. The van der Waals surface area contributed by atoms with Crippen molar-refractivity contribution >= 4 is 11.9 Å². The van der Waals surface area contributed by atoms with Gasteiger partial charge in [-0.15, -0.1) is 0 Å². The van der Waals surface area contributed by atoms with Crippen LogP contribution in [0.3, 0.4) is 0 Å². The lowest BCUT2D eigenvalue weighted by molar-refractivity contribution is -0.193. The summed E-state index contributed by atoms with van der Waals surface area (Å²) >= 11 is 0. The van der Waals surface area contributed by atoms with Crippen LogP contribution in [0.5, 0.6) is 5.88 Å². The first-order valence-corrected chi connectivity index (χ1v) is 12.1. The van der Waals surface area contributed by atoms with Gasteiger partial charge in [-0.05, 0) is 56.0 Å². The number of aromatic nitrogens is 1. The molecule has 38 heavy (non-hydrogen) atoms. The summed E-state index contributed by atoms with van der Waals surface area (Å²) in [7, 11) is 4.02. The molecule has 0 amide bonds. The summed E-state index contributed by atoms with van der Waals surface area (Å²) in [5, 5.41) is 14.2. The zero-order chi connectivity index (χ0) is 28.7. The van der Waals surface area contributed by atoms with Crippen molar-refractivity contribution in [1.82, 2.24) is 14.8 Å². The number of hydrogen-bond acceptors (Lipinski definition) is 6. The topological polar surface area (TPSA) is 103 Å². The molecule has 3 atom stereocenters. The van der Waals surface area contributed by atoms with Crippen molar-refractivity contribution in [3.63, 3.8) is 0 Å². The second-order valence-corrected chi connectivity index (χ2v) is 9.79. The van der Waals surface area contributed by atoms with E-state index in [9.17, 15) is 26.3 Å². The SMILES string of the molecule is COc1ccc(CN2C[C@H]3CCC[C@@H](CN(C)C4CC4)[C@H]3C2)cn1.O=C(O)C(F)(F)F.O=C(O)C(F)(F)F. The molecule has 4 rings (SSSR count). The van der Waals surface area contributed by atoms with Gasteiger partial charge in [0.1, 0.15) is 0 Å². The molecule has 14 heteroatoms. The molecule has 0 bridgehead atoms. The van der Waals surface area contributed by atoms with E-state index < -0.39 is 24.3 Å². The minimum atomic E-state index is -5.08. The fourth-order valence-corrected chi connectivity index (χ4v) is 4.96. The van der Waals surface area contributed by atoms with E-state index in [0.29, 0.717) is 5.88 Å². The van der Waals surface area contributed by atoms with E-state index >= 15 is 0 Å². The van der Waals surface area contributed by atoms with Gasteiger partial charge in [0.05, 0.1) is 7.11 Å².